The first-order chi connectivity index (χ1) is 4.93. The monoisotopic (exact) mass is 218 g/mol. The highest BCUT2D eigenvalue weighted by atomic mass is 79.9. The van der Waals surface area contributed by atoms with Crippen LogP contribution in [0.2, 0.25) is 0 Å². The third-order valence-corrected chi connectivity index (χ3v) is 2.07. The van der Waals surface area contributed by atoms with Crippen LogP contribution < -0.4 is 0 Å². The van der Waals surface area contributed by atoms with E-state index >= 15 is 0 Å². The zero-order valence-corrected chi connectivity index (χ0v) is 8.38. The van der Waals surface area contributed by atoms with Crippen molar-refractivity contribution < 1.29 is 5.11 Å². The van der Waals surface area contributed by atoms with Crippen LogP contribution >= 0.6 is 15.9 Å². The van der Waals surface area contributed by atoms with Crippen LogP contribution in [0.3, 0.4) is 0 Å². The molecule has 0 spiro atoms. The lowest BCUT2D eigenvalue weighted by Crippen LogP contribution is -2.23. The molecule has 0 radical (unpaired) electrons. The molecule has 11 heavy (non-hydrogen) atoms. The van der Waals surface area contributed by atoms with E-state index in [1.165, 1.54) is 6.20 Å². The van der Waals surface area contributed by atoms with Gasteiger partial charge in [0.2, 0.25) is 0 Å². The summed E-state index contributed by atoms with van der Waals surface area (Å²) < 4.78 is 2.35. The smallest absolute Gasteiger partial charge is 0.168 e. The average molecular weight is 219 g/mol. The summed E-state index contributed by atoms with van der Waals surface area (Å²) >= 11 is 3.24. The fourth-order valence-corrected chi connectivity index (χ4v) is 1.52. The molecule has 0 aromatic carbocycles. The molecule has 1 N–H and O–H groups in total. The Kier molecular flexibility index (Phi) is 1.96. The Morgan fingerprint density at radius 3 is 2.27 bits per heavy atom. The molecule has 1 aromatic rings. The molecule has 1 heterocycles. The molecule has 0 aliphatic heterocycles. The molecule has 1 rings (SSSR count). The number of rotatable bonds is 0. The quantitative estimate of drug-likeness (QED) is 0.725. The highest BCUT2D eigenvalue weighted by Gasteiger charge is 2.18. The highest BCUT2D eigenvalue weighted by molar-refractivity contribution is 9.10. The van der Waals surface area contributed by atoms with Crippen molar-refractivity contribution in [2.45, 2.75) is 26.3 Å². The van der Waals surface area contributed by atoms with Crippen LogP contribution in [0.15, 0.2) is 10.8 Å². The van der Waals surface area contributed by atoms with Crippen LogP contribution in [0.1, 0.15) is 20.8 Å². The lowest BCUT2D eigenvalue weighted by molar-refractivity contribution is 0.345. The number of aromatic nitrogens is 2. The summed E-state index contributed by atoms with van der Waals surface area (Å²) in [6.45, 7) is 6.05. The molecule has 0 amide bonds. The van der Waals surface area contributed by atoms with Gasteiger partial charge in [-0.15, -0.1) is 0 Å². The summed E-state index contributed by atoms with van der Waals surface area (Å²) in [5, 5.41) is 13.2. The van der Waals surface area contributed by atoms with E-state index in [2.05, 4.69) is 21.0 Å². The first kappa shape index (κ1) is 8.59. The summed E-state index contributed by atoms with van der Waals surface area (Å²) in [4.78, 5) is 0. The van der Waals surface area contributed by atoms with E-state index in [1.54, 1.807) is 4.68 Å². The van der Waals surface area contributed by atoms with E-state index in [1.807, 2.05) is 20.8 Å². The average Bonchev–Trinajstić information content (AvgIpc) is 2.11. The zero-order valence-electron chi connectivity index (χ0n) is 6.80. The molecule has 0 unspecified atom stereocenters. The zero-order chi connectivity index (χ0) is 8.65. The Labute approximate surface area is 74.2 Å². The van der Waals surface area contributed by atoms with Crippen LogP contribution in [0.25, 0.3) is 0 Å². The number of aromatic hydroxyl groups is 1. The van der Waals surface area contributed by atoms with Gasteiger partial charge in [0.15, 0.2) is 5.75 Å². The van der Waals surface area contributed by atoms with Gasteiger partial charge in [0.25, 0.3) is 0 Å². The molecule has 0 bridgehead atoms. The first-order valence-corrected chi connectivity index (χ1v) is 4.15. The second kappa shape index (κ2) is 2.52. The van der Waals surface area contributed by atoms with Gasteiger partial charge in [0, 0.05) is 0 Å². The van der Waals surface area contributed by atoms with Crippen molar-refractivity contribution in [1.82, 2.24) is 9.78 Å². The summed E-state index contributed by atoms with van der Waals surface area (Å²) in [7, 11) is 0. The van der Waals surface area contributed by atoms with E-state index in [4.69, 9.17) is 0 Å². The van der Waals surface area contributed by atoms with Gasteiger partial charge in [-0.3, -0.25) is 0 Å². The van der Waals surface area contributed by atoms with E-state index in [0.29, 0.717) is 4.60 Å². The molecule has 0 fully saturated rings. The molecule has 0 aliphatic rings. The predicted molar refractivity (Wildman–Crippen MR) is 46.6 cm³/mol. The fourth-order valence-electron chi connectivity index (χ4n) is 0.793. The fraction of sp³-hybridized carbons (Fsp3) is 0.571. The van der Waals surface area contributed by atoms with Crippen LogP contribution in [0, 0.1) is 0 Å². The summed E-state index contributed by atoms with van der Waals surface area (Å²) in [6, 6.07) is 0. The summed E-state index contributed by atoms with van der Waals surface area (Å²) in [5.41, 5.74) is -0.0974. The van der Waals surface area contributed by atoms with E-state index < -0.39 is 0 Å². The van der Waals surface area contributed by atoms with Crippen molar-refractivity contribution in [3.05, 3.63) is 10.8 Å². The first-order valence-electron chi connectivity index (χ1n) is 3.36. The molecule has 62 valence electrons. The third kappa shape index (κ3) is 1.56. The van der Waals surface area contributed by atoms with Gasteiger partial charge in [-0.05, 0) is 36.7 Å². The molecule has 3 nitrogen and oxygen atoms in total. The van der Waals surface area contributed by atoms with Gasteiger partial charge in [-0.25, -0.2) is 4.68 Å². The molecular formula is C7H11BrN2O. The maximum atomic E-state index is 9.17. The van der Waals surface area contributed by atoms with Crippen molar-refractivity contribution >= 4 is 15.9 Å². The summed E-state index contributed by atoms with van der Waals surface area (Å²) in [5.74, 6) is 0.180. The van der Waals surface area contributed by atoms with Gasteiger partial charge in [0.05, 0.1) is 11.7 Å². The Bertz CT molecular complexity index is 262. The maximum absolute atomic E-state index is 9.17. The van der Waals surface area contributed by atoms with Crippen molar-refractivity contribution in [2.75, 3.05) is 0 Å². The lowest BCUT2D eigenvalue weighted by atomic mass is 10.1. The minimum absolute atomic E-state index is 0.0974. The SMILES string of the molecule is CC(C)(C)n1ncc(O)c1Br. The van der Waals surface area contributed by atoms with Gasteiger partial charge >= 0.3 is 0 Å². The lowest BCUT2D eigenvalue weighted by Gasteiger charge is -2.19. The number of nitrogens with zero attached hydrogens (tertiary/aromatic N) is 2. The van der Waals surface area contributed by atoms with Gasteiger partial charge < -0.3 is 5.11 Å². The Morgan fingerprint density at radius 2 is 2.09 bits per heavy atom. The summed E-state index contributed by atoms with van der Waals surface area (Å²) in [6.07, 6.45) is 1.43. The maximum Gasteiger partial charge on any atom is 0.168 e. The van der Waals surface area contributed by atoms with Crippen LogP contribution in [-0.4, -0.2) is 14.9 Å². The Balaban J connectivity index is 3.15. The molecule has 0 saturated heterocycles. The normalized spacial score (nSPS) is 12.0. The minimum Gasteiger partial charge on any atom is -0.504 e. The predicted octanol–water partition coefficient (Wildman–Crippen LogP) is 2.11. The third-order valence-electron chi connectivity index (χ3n) is 1.33. The van der Waals surface area contributed by atoms with Crippen molar-refractivity contribution in [1.29, 1.82) is 0 Å². The second-order valence-electron chi connectivity index (χ2n) is 3.40. The minimum atomic E-state index is -0.0974. The Hall–Kier alpha value is -0.510. The topological polar surface area (TPSA) is 38.0 Å². The second-order valence-corrected chi connectivity index (χ2v) is 4.15. The van der Waals surface area contributed by atoms with Crippen LogP contribution in [-0.2, 0) is 5.54 Å². The van der Waals surface area contributed by atoms with E-state index in [9.17, 15) is 5.11 Å². The van der Waals surface area contributed by atoms with Gasteiger partial charge in [-0.2, -0.15) is 5.10 Å². The number of halogens is 1. The molecule has 1 aromatic heterocycles. The van der Waals surface area contributed by atoms with Crippen LogP contribution in [0.4, 0.5) is 0 Å². The Morgan fingerprint density at radius 1 is 1.55 bits per heavy atom. The number of hydrogen-bond donors (Lipinski definition) is 1. The van der Waals surface area contributed by atoms with Gasteiger partial charge in [0.1, 0.15) is 4.60 Å². The molecule has 0 atom stereocenters. The molecular weight excluding hydrogens is 208 g/mol. The number of hydrogen-bond acceptors (Lipinski definition) is 2. The van der Waals surface area contributed by atoms with E-state index in [0.717, 1.165) is 0 Å². The van der Waals surface area contributed by atoms with Crippen molar-refractivity contribution in [2.24, 2.45) is 0 Å². The molecule has 4 heteroatoms. The standard InChI is InChI=1S/C7H11BrN2O/c1-7(2,3)10-6(8)5(11)4-9-10/h4,11H,1-3H3. The largest absolute Gasteiger partial charge is 0.504 e. The highest BCUT2D eigenvalue weighted by Crippen LogP contribution is 2.27. The molecule has 0 aliphatic carbocycles. The van der Waals surface area contributed by atoms with Crippen LogP contribution in [0.5, 0.6) is 5.75 Å². The van der Waals surface area contributed by atoms with Crippen molar-refractivity contribution in [3.63, 3.8) is 0 Å². The van der Waals surface area contributed by atoms with E-state index in [-0.39, 0.29) is 11.3 Å². The molecule has 0 saturated carbocycles. The van der Waals surface area contributed by atoms with Gasteiger partial charge in [-0.1, -0.05) is 0 Å². The van der Waals surface area contributed by atoms with Crippen molar-refractivity contribution in [3.8, 4) is 5.75 Å².